The molecule has 0 radical (unpaired) electrons. The molecule has 0 aliphatic heterocycles. The van der Waals surface area contributed by atoms with Gasteiger partial charge >= 0.3 is 0 Å². The predicted molar refractivity (Wildman–Crippen MR) is 76.4 cm³/mol. The van der Waals surface area contributed by atoms with Crippen molar-refractivity contribution >= 4 is 5.69 Å². The van der Waals surface area contributed by atoms with Crippen LogP contribution in [0, 0.1) is 5.92 Å². The maximum Gasteiger partial charge on any atom is 0.141 e. The van der Waals surface area contributed by atoms with E-state index in [1.54, 1.807) is 7.11 Å². The summed E-state index contributed by atoms with van der Waals surface area (Å²) in [7, 11) is 1.67. The van der Waals surface area contributed by atoms with Crippen LogP contribution in [-0.4, -0.2) is 24.9 Å². The van der Waals surface area contributed by atoms with Gasteiger partial charge in [0.15, 0.2) is 0 Å². The van der Waals surface area contributed by atoms with Crippen LogP contribution in [0.25, 0.3) is 0 Å². The van der Waals surface area contributed by atoms with Crippen molar-refractivity contribution in [1.82, 2.24) is 0 Å². The van der Waals surface area contributed by atoms with Crippen molar-refractivity contribution in [2.24, 2.45) is 5.92 Å². The molecule has 2 N–H and O–H groups in total. The second-order valence-corrected chi connectivity index (χ2v) is 5.29. The van der Waals surface area contributed by atoms with E-state index in [1.807, 2.05) is 6.07 Å². The monoisotopic (exact) mass is 251 g/mol. The number of rotatable bonds is 6. The molecule has 0 fully saturated rings. The Morgan fingerprint density at radius 2 is 1.89 bits per heavy atom. The Morgan fingerprint density at radius 1 is 1.22 bits per heavy atom. The largest absolute Gasteiger partial charge is 0.495 e. The van der Waals surface area contributed by atoms with Crippen LogP contribution >= 0.6 is 0 Å². The Morgan fingerprint density at radius 3 is 2.33 bits per heavy atom. The summed E-state index contributed by atoms with van der Waals surface area (Å²) in [4.78, 5) is 0. The number of hydrogen-bond acceptors (Lipinski definition) is 3. The van der Waals surface area contributed by atoms with Gasteiger partial charge in [-0.2, -0.15) is 0 Å². The molecule has 3 heteroatoms. The van der Waals surface area contributed by atoms with E-state index in [1.165, 1.54) is 5.56 Å². The van der Waals surface area contributed by atoms with Gasteiger partial charge in [0.25, 0.3) is 0 Å². The first-order valence-corrected chi connectivity index (χ1v) is 6.54. The van der Waals surface area contributed by atoms with Crippen molar-refractivity contribution in [1.29, 1.82) is 0 Å². The van der Waals surface area contributed by atoms with Crippen LogP contribution in [0.4, 0.5) is 5.69 Å². The maximum absolute atomic E-state index is 9.40. The van der Waals surface area contributed by atoms with Gasteiger partial charge in [0.2, 0.25) is 0 Å². The second kappa shape index (κ2) is 6.64. The van der Waals surface area contributed by atoms with Crippen molar-refractivity contribution in [3.63, 3.8) is 0 Å². The zero-order valence-corrected chi connectivity index (χ0v) is 12.0. The van der Waals surface area contributed by atoms with Gasteiger partial charge in [0.1, 0.15) is 5.75 Å². The summed E-state index contributed by atoms with van der Waals surface area (Å²) in [6, 6.07) is 6.21. The summed E-state index contributed by atoms with van der Waals surface area (Å²) in [5.74, 6) is 1.66. The van der Waals surface area contributed by atoms with E-state index < -0.39 is 0 Å². The molecule has 1 unspecified atom stereocenters. The molecule has 0 heterocycles. The number of anilines is 1. The highest BCUT2D eigenvalue weighted by Gasteiger charge is 2.15. The lowest BCUT2D eigenvalue weighted by Gasteiger charge is -2.23. The van der Waals surface area contributed by atoms with Gasteiger partial charge in [0.05, 0.1) is 25.4 Å². The van der Waals surface area contributed by atoms with Crippen molar-refractivity contribution in [3.8, 4) is 5.75 Å². The van der Waals surface area contributed by atoms with E-state index in [4.69, 9.17) is 4.74 Å². The standard InChI is InChI=1S/C15H25NO2/c1-10(2)12-6-7-15(18-5)13(8-12)16-14(9-17)11(3)4/h6-8,10-11,14,16-17H,9H2,1-5H3. The zero-order valence-electron chi connectivity index (χ0n) is 12.0. The van der Waals surface area contributed by atoms with E-state index in [0.717, 1.165) is 11.4 Å². The molecule has 1 aromatic rings. The third-order valence-corrected chi connectivity index (χ3v) is 3.23. The van der Waals surface area contributed by atoms with Gasteiger partial charge in [-0.3, -0.25) is 0 Å². The molecule has 0 aliphatic carbocycles. The molecule has 0 saturated carbocycles. The molecular weight excluding hydrogens is 226 g/mol. The smallest absolute Gasteiger partial charge is 0.141 e. The summed E-state index contributed by atoms with van der Waals surface area (Å²) in [6.45, 7) is 8.63. The highest BCUT2D eigenvalue weighted by atomic mass is 16.5. The number of nitrogens with one attached hydrogen (secondary N) is 1. The van der Waals surface area contributed by atoms with Gasteiger partial charge in [0, 0.05) is 0 Å². The molecule has 0 aliphatic rings. The summed E-state index contributed by atoms with van der Waals surface area (Å²) < 4.78 is 5.36. The SMILES string of the molecule is COc1ccc(C(C)C)cc1NC(CO)C(C)C. The maximum atomic E-state index is 9.40. The molecule has 18 heavy (non-hydrogen) atoms. The fraction of sp³-hybridized carbons (Fsp3) is 0.600. The van der Waals surface area contributed by atoms with Crippen LogP contribution in [0.5, 0.6) is 5.75 Å². The first-order chi connectivity index (χ1) is 8.49. The lowest BCUT2D eigenvalue weighted by atomic mass is 10.0. The molecule has 0 aromatic heterocycles. The molecule has 3 nitrogen and oxygen atoms in total. The number of aliphatic hydroxyl groups excluding tert-OH is 1. The van der Waals surface area contributed by atoms with Crippen molar-refractivity contribution < 1.29 is 9.84 Å². The number of aliphatic hydroxyl groups is 1. The molecular formula is C15H25NO2. The van der Waals surface area contributed by atoms with Crippen LogP contribution in [0.2, 0.25) is 0 Å². The Balaban J connectivity index is 3.00. The van der Waals surface area contributed by atoms with Crippen molar-refractivity contribution in [2.45, 2.75) is 39.7 Å². The normalized spacial score (nSPS) is 12.9. The molecule has 1 aromatic carbocycles. The van der Waals surface area contributed by atoms with E-state index in [2.05, 4.69) is 45.1 Å². The van der Waals surface area contributed by atoms with Crippen LogP contribution in [0.15, 0.2) is 18.2 Å². The first kappa shape index (κ1) is 14.8. The summed E-state index contributed by atoms with van der Waals surface area (Å²) in [6.07, 6.45) is 0. The third kappa shape index (κ3) is 3.64. The van der Waals surface area contributed by atoms with Gasteiger partial charge in [-0.15, -0.1) is 0 Å². The highest BCUT2D eigenvalue weighted by molar-refractivity contribution is 5.59. The van der Waals surface area contributed by atoms with E-state index in [9.17, 15) is 5.11 Å². The van der Waals surface area contributed by atoms with Crippen molar-refractivity contribution in [3.05, 3.63) is 23.8 Å². The van der Waals surface area contributed by atoms with Gasteiger partial charge in [-0.05, 0) is 29.5 Å². The van der Waals surface area contributed by atoms with Gasteiger partial charge in [-0.1, -0.05) is 33.8 Å². The number of ether oxygens (including phenoxy) is 1. The molecule has 0 saturated heterocycles. The van der Waals surface area contributed by atoms with Crippen molar-refractivity contribution in [2.75, 3.05) is 19.0 Å². The fourth-order valence-electron chi connectivity index (χ4n) is 1.82. The fourth-order valence-corrected chi connectivity index (χ4v) is 1.82. The van der Waals surface area contributed by atoms with E-state index in [-0.39, 0.29) is 12.6 Å². The average Bonchev–Trinajstić information content (AvgIpc) is 2.35. The quantitative estimate of drug-likeness (QED) is 0.815. The lowest BCUT2D eigenvalue weighted by molar-refractivity contribution is 0.249. The Labute approximate surface area is 110 Å². The minimum Gasteiger partial charge on any atom is -0.495 e. The predicted octanol–water partition coefficient (Wildman–Crippen LogP) is 3.25. The highest BCUT2D eigenvalue weighted by Crippen LogP contribution is 2.29. The lowest BCUT2D eigenvalue weighted by Crippen LogP contribution is -2.29. The second-order valence-electron chi connectivity index (χ2n) is 5.29. The molecule has 0 bridgehead atoms. The minimum absolute atomic E-state index is 0.0429. The summed E-state index contributed by atoms with van der Waals surface area (Å²) in [5.41, 5.74) is 2.22. The van der Waals surface area contributed by atoms with Crippen LogP contribution in [0.3, 0.4) is 0 Å². The van der Waals surface area contributed by atoms with E-state index >= 15 is 0 Å². The first-order valence-electron chi connectivity index (χ1n) is 6.54. The van der Waals surface area contributed by atoms with Gasteiger partial charge in [-0.25, -0.2) is 0 Å². The Bertz CT molecular complexity index is 375. The Hall–Kier alpha value is -1.22. The van der Waals surface area contributed by atoms with Crippen LogP contribution in [-0.2, 0) is 0 Å². The topological polar surface area (TPSA) is 41.5 Å². The molecule has 1 atom stereocenters. The molecule has 1 rings (SSSR count). The molecule has 0 amide bonds. The molecule has 0 spiro atoms. The summed E-state index contributed by atoms with van der Waals surface area (Å²) >= 11 is 0. The summed E-state index contributed by atoms with van der Waals surface area (Å²) in [5, 5.41) is 12.8. The third-order valence-electron chi connectivity index (χ3n) is 3.23. The number of hydrogen-bond donors (Lipinski definition) is 2. The van der Waals surface area contributed by atoms with E-state index in [0.29, 0.717) is 11.8 Å². The van der Waals surface area contributed by atoms with Gasteiger partial charge < -0.3 is 15.2 Å². The number of benzene rings is 1. The van der Waals surface area contributed by atoms with Crippen LogP contribution in [0.1, 0.15) is 39.2 Å². The van der Waals surface area contributed by atoms with Crippen LogP contribution < -0.4 is 10.1 Å². The zero-order chi connectivity index (χ0) is 13.7. The average molecular weight is 251 g/mol. The number of methoxy groups -OCH3 is 1. The Kier molecular flexibility index (Phi) is 5.48. The minimum atomic E-state index is 0.0429. The molecule has 102 valence electrons.